The predicted molar refractivity (Wildman–Crippen MR) is 130 cm³/mol. The van der Waals surface area contributed by atoms with Gasteiger partial charge in [-0.2, -0.15) is 0 Å². The van der Waals surface area contributed by atoms with Crippen LogP contribution in [0.5, 0.6) is 5.75 Å². The largest absolute Gasteiger partial charge is 0.488 e. The molecule has 10 heteroatoms. The topological polar surface area (TPSA) is 81.9 Å². The molecule has 0 bridgehead atoms. The van der Waals surface area contributed by atoms with Crippen molar-refractivity contribution in [3.63, 3.8) is 0 Å². The van der Waals surface area contributed by atoms with Crippen molar-refractivity contribution >= 4 is 61.9 Å². The first kappa shape index (κ1) is 22.9. The van der Waals surface area contributed by atoms with E-state index in [-0.39, 0.29) is 24.3 Å². The number of carbonyl (C=O) groups excluding carboxylic acids is 1. The Bertz CT molecular complexity index is 1080. The van der Waals surface area contributed by atoms with Gasteiger partial charge < -0.3 is 9.47 Å². The number of halogens is 1. The number of non-ortho nitro benzene ring substituents is 1. The molecule has 2 fully saturated rings. The van der Waals surface area contributed by atoms with Crippen LogP contribution in [0.25, 0.3) is 6.08 Å². The van der Waals surface area contributed by atoms with Crippen LogP contribution in [0.15, 0.2) is 51.8 Å². The Morgan fingerprint density at radius 2 is 2.09 bits per heavy atom. The van der Waals surface area contributed by atoms with E-state index in [1.165, 1.54) is 23.9 Å². The lowest BCUT2D eigenvalue weighted by Gasteiger charge is -2.18. The first-order chi connectivity index (χ1) is 15.4. The van der Waals surface area contributed by atoms with E-state index in [4.69, 9.17) is 21.7 Å². The van der Waals surface area contributed by atoms with Crippen molar-refractivity contribution in [3.8, 4) is 5.75 Å². The van der Waals surface area contributed by atoms with Crippen molar-refractivity contribution in [1.29, 1.82) is 0 Å². The number of nitro groups is 1. The summed E-state index contributed by atoms with van der Waals surface area (Å²) < 4.78 is 12.8. The van der Waals surface area contributed by atoms with Crippen molar-refractivity contribution in [2.24, 2.45) is 0 Å². The smallest absolute Gasteiger partial charge is 0.269 e. The third-order valence-corrected chi connectivity index (χ3v) is 7.08. The van der Waals surface area contributed by atoms with Crippen LogP contribution in [0, 0.1) is 10.1 Å². The van der Waals surface area contributed by atoms with Crippen LogP contribution in [-0.4, -0.2) is 39.3 Å². The summed E-state index contributed by atoms with van der Waals surface area (Å²) in [6.07, 6.45) is 3.84. The molecule has 2 saturated heterocycles. The maximum Gasteiger partial charge on any atom is 0.269 e. The molecule has 0 N–H and O–H groups in total. The minimum Gasteiger partial charge on any atom is -0.488 e. The summed E-state index contributed by atoms with van der Waals surface area (Å²) in [5, 5.41) is 10.8. The van der Waals surface area contributed by atoms with Crippen LogP contribution < -0.4 is 4.74 Å². The number of rotatable bonds is 7. The van der Waals surface area contributed by atoms with E-state index in [1.807, 2.05) is 24.3 Å². The van der Waals surface area contributed by atoms with Crippen LogP contribution in [-0.2, 0) is 16.1 Å². The second-order valence-corrected chi connectivity index (χ2v) is 9.86. The molecule has 1 amide bonds. The van der Waals surface area contributed by atoms with Crippen molar-refractivity contribution in [2.45, 2.75) is 25.6 Å². The van der Waals surface area contributed by atoms with E-state index in [9.17, 15) is 14.9 Å². The fourth-order valence-electron chi connectivity index (χ4n) is 3.40. The van der Waals surface area contributed by atoms with Gasteiger partial charge in [0, 0.05) is 18.7 Å². The summed E-state index contributed by atoms with van der Waals surface area (Å²) >= 11 is 10.2. The Morgan fingerprint density at radius 3 is 2.75 bits per heavy atom. The summed E-state index contributed by atoms with van der Waals surface area (Å²) in [5.74, 6) is 0.538. The lowest BCUT2D eigenvalue weighted by Crippen LogP contribution is -2.35. The van der Waals surface area contributed by atoms with Gasteiger partial charge in [0.2, 0.25) is 0 Å². The van der Waals surface area contributed by atoms with Crippen LogP contribution in [0.2, 0.25) is 0 Å². The van der Waals surface area contributed by atoms with E-state index >= 15 is 0 Å². The van der Waals surface area contributed by atoms with Crippen molar-refractivity contribution < 1.29 is 19.2 Å². The standard InChI is InChI=1S/C22H19BrN2O5S2/c23-18-10-15(5-8-19(18)30-13-14-3-6-16(7-4-14)25(27)28)11-20-21(26)24(22(31)32-20)12-17-2-1-9-29-17/h3-8,10-11,17H,1-2,9,12-13H2/b20-11-/t17-/m0/s1. The highest BCUT2D eigenvalue weighted by molar-refractivity contribution is 9.10. The fraction of sp³-hybridized carbons (Fsp3) is 0.273. The SMILES string of the molecule is O=C1/C(=C/c2ccc(OCc3ccc([N+](=O)[O-])cc3)c(Br)c2)SC(=S)N1C[C@@H]1CCCO1. The molecule has 2 aromatic carbocycles. The lowest BCUT2D eigenvalue weighted by atomic mass is 10.2. The van der Waals surface area contributed by atoms with Crippen molar-refractivity contribution in [1.82, 2.24) is 4.90 Å². The molecule has 7 nitrogen and oxygen atoms in total. The average molecular weight is 535 g/mol. The summed E-state index contributed by atoms with van der Waals surface area (Å²) in [5.41, 5.74) is 1.71. The molecular formula is C22H19BrN2O5S2. The Balaban J connectivity index is 1.40. The molecule has 2 heterocycles. The number of hydrogen-bond donors (Lipinski definition) is 0. The Labute approximate surface area is 203 Å². The number of benzene rings is 2. The maximum absolute atomic E-state index is 12.8. The van der Waals surface area contributed by atoms with Gasteiger partial charge in [0.25, 0.3) is 11.6 Å². The minimum atomic E-state index is -0.434. The zero-order valence-electron chi connectivity index (χ0n) is 16.9. The molecule has 2 aliphatic heterocycles. The highest BCUT2D eigenvalue weighted by Crippen LogP contribution is 2.35. The number of ether oxygens (including phenoxy) is 2. The van der Waals surface area contributed by atoms with E-state index < -0.39 is 4.92 Å². The van der Waals surface area contributed by atoms with Crippen molar-refractivity contribution in [2.75, 3.05) is 13.2 Å². The molecular weight excluding hydrogens is 516 g/mol. The van der Waals surface area contributed by atoms with E-state index in [0.717, 1.165) is 35.0 Å². The number of hydrogen-bond acceptors (Lipinski definition) is 7. The minimum absolute atomic E-state index is 0.0421. The van der Waals surface area contributed by atoms with Gasteiger partial charge in [-0.15, -0.1) is 0 Å². The highest BCUT2D eigenvalue weighted by Gasteiger charge is 2.34. The molecule has 0 radical (unpaired) electrons. The number of carbonyl (C=O) groups is 1. The monoisotopic (exact) mass is 534 g/mol. The van der Waals surface area contributed by atoms with Crippen molar-refractivity contribution in [3.05, 3.63) is 73.1 Å². The summed E-state index contributed by atoms with van der Waals surface area (Å²) in [7, 11) is 0. The molecule has 166 valence electrons. The van der Waals surface area contributed by atoms with E-state index in [2.05, 4.69) is 15.9 Å². The number of amides is 1. The predicted octanol–water partition coefficient (Wildman–Crippen LogP) is 5.32. The first-order valence-corrected chi connectivity index (χ1v) is 11.9. The van der Waals surface area contributed by atoms with Crippen LogP contribution >= 0.6 is 39.9 Å². The molecule has 4 rings (SSSR count). The molecule has 0 saturated carbocycles. The lowest BCUT2D eigenvalue weighted by molar-refractivity contribution is -0.384. The number of thiocarbonyl (C=S) groups is 1. The number of thioether (sulfide) groups is 1. The summed E-state index contributed by atoms with van der Waals surface area (Å²) in [6.45, 7) is 1.51. The third-order valence-electron chi connectivity index (χ3n) is 5.08. The van der Waals surface area contributed by atoms with Crippen LogP contribution in [0.3, 0.4) is 0 Å². The molecule has 32 heavy (non-hydrogen) atoms. The van der Waals surface area contributed by atoms with Gasteiger partial charge in [-0.1, -0.05) is 30.0 Å². The second-order valence-electron chi connectivity index (χ2n) is 7.33. The molecule has 0 aromatic heterocycles. The molecule has 1 atom stereocenters. The highest BCUT2D eigenvalue weighted by atomic mass is 79.9. The van der Waals surface area contributed by atoms with Gasteiger partial charge in [-0.05, 0) is 70.2 Å². The second kappa shape index (κ2) is 10.1. The third kappa shape index (κ3) is 5.37. The van der Waals surface area contributed by atoms with Gasteiger partial charge in [0.15, 0.2) is 0 Å². The maximum atomic E-state index is 12.8. The Hall–Kier alpha value is -2.27. The van der Waals surface area contributed by atoms with Gasteiger partial charge in [0.05, 0.1) is 26.9 Å². The first-order valence-electron chi connectivity index (χ1n) is 9.93. The number of nitro benzene ring substituents is 1. The molecule has 0 aliphatic carbocycles. The average Bonchev–Trinajstić information content (AvgIpc) is 3.38. The normalized spacial score (nSPS) is 19.7. The zero-order valence-corrected chi connectivity index (χ0v) is 20.1. The summed E-state index contributed by atoms with van der Waals surface area (Å²) in [4.78, 5) is 25.3. The van der Waals surface area contributed by atoms with Gasteiger partial charge in [-0.3, -0.25) is 19.8 Å². The molecule has 0 unspecified atom stereocenters. The van der Waals surface area contributed by atoms with Gasteiger partial charge in [0.1, 0.15) is 16.7 Å². The Kier molecular flexibility index (Phi) is 7.24. The number of nitrogens with zero attached hydrogens (tertiary/aromatic N) is 2. The quantitative estimate of drug-likeness (QED) is 0.206. The van der Waals surface area contributed by atoms with Gasteiger partial charge >= 0.3 is 0 Å². The molecule has 2 aromatic rings. The summed E-state index contributed by atoms with van der Waals surface area (Å²) in [6, 6.07) is 11.8. The van der Waals surface area contributed by atoms with E-state index in [0.29, 0.717) is 21.5 Å². The van der Waals surface area contributed by atoms with Gasteiger partial charge in [-0.25, -0.2) is 0 Å². The van der Waals surface area contributed by atoms with E-state index in [1.54, 1.807) is 17.0 Å². The fourth-order valence-corrected chi connectivity index (χ4v) is 5.19. The van der Waals surface area contributed by atoms with Crippen LogP contribution in [0.4, 0.5) is 5.69 Å². The van der Waals surface area contributed by atoms with Crippen LogP contribution in [0.1, 0.15) is 24.0 Å². The zero-order chi connectivity index (χ0) is 22.7. The molecule has 0 spiro atoms. The molecule has 2 aliphatic rings. The Morgan fingerprint density at radius 1 is 1.31 bits per heavy atom.